The minimum atomic E-state index is -4.58. The molecule has 13 heteroatoms. The summed E-state index contributed by atoms with van der Waals surface area (Å²) < 4.78 is 41.3. The number of unbranched alkanes of at least 4 members (excludes halogenated alkanes) is 1. The first kappa shape index (κ1) is 29.5. The Morgan fingerprint density at radius 2 is 1.79 bits per heavy atom. The van der Waals surface area contributed by atoms with Crippen molar-refractivity contribution < 1.29 is 32.3 Å². The molecule has 5 atom stereocenters. The Labute approximate surface area is 222 Å². The molecule has 0 spiro atoms. The van der Waals surface area contributed by atoms with E-state index in [1.54, 1.807) is 0 Å². The minimum Gasteiger partial charge on any atom is -0.356 e. The van der Waals surface area contributed by atoms with E-state index in [1.807, 2.05) is 0 Å². The molecule has 0 aromatic rings. The Morgan fingerprint density at radius 1 is 1.03 bits per heavy atom. The number of hydroxylamine groups is 1. The smallest absolute Gasteiger partial charge is 0.356 e. The monoisotopic (exact) mass is 548 g/mol. The summed E-state index contributed by atoms with van der Waals surface area (Å²) in [6, 6.07) is 0. The zero-order chi connectivity index (χ0) is 27.0. The Kier molecular flexibility index (Phi) is 11.0. The molecule has 218 valence electrons. The highest BCUT2D eigenvalue weighted by Gasteiger charge is 2.40. The summed E-state index contributed by atoms with van der Waals surface area (Å²) in [5.41, 5.74) is 8.88. The first-order valence-electron chi connectivity index (χ1n) is 14.3. The molecule has 38 heavy (non-hydrogen) atoms. The van der Waals surface area contributed by atoms with E-state index in [4.69, 9.17) is 4.84 Å². The van der Waals surface area contributed by atoms with Crippen LogP contribution in [-0.2, 0) is 19.2 Å². The second kappa shape index (κ2) is 14.2. The van der Waals surface area contributed by atoms with E-state index in [0.717, 1.165) is 38.6 Å². The minimum absolute atomic E-state index is 0.0187. The summed E-state index contributed by atoms with van der Waals surface area (Å²) in [4.78, 5) is 29.8. The Bertz CT molecular complexity index is 768. The van der Waals surface area contributed by atoms with Gasteiger partial charge in [0.25, 0.3) is 0 Å². The van der Waals surface area contributed by atoms with E-state index >= 15 is 0 Å². The average molecular weight is 549 g/mol. The molecular weight excluding hydrogens is 505 g/mol. The zero-order valence-electron chi connectivity index (χ0n) is 21.9. The van der Waals surface area contributed by atoms with Crippen LogP contribution in [0.1, 0.15) is 83.5 Å². The predicted molar refractivity (Wildman–Crippen MR) is 132 cm³/mol. The summed E-state index contributed by atoms with van der Waals surface area (Å²) in [7, 11) is 0. The third-order valence-corrected chi connectivity index (χ3v) is 8.29. The van der Waals surface area contributed by atoms with Crippen LogP contribution in [0.3, 0.4) is 0 Å². The molecular formula is C25H43F3N6O4. The van der Waals surface area contributed by atoms with Gasteiger partial charge in [0.2, 0.25) is 11.8 Å². The quantitative estimate of drug-likeness (QED) is 0.205. The number of amides is 2. The molecule has 0 radical (unpaired) electrons. The number of carbonyl (C=O) groups is 2. The second-order valence-electron chi connectivity index (χ2n) is 11.0. The molecule has 2 aliphatic carbocycles. The highest BCUT2D eigenvalue weighted by atomic mass is 19.4. The largest absolute Gasteiger partial charge is 0.522 e. The van der Waals surface area contributed by atoms with Crippen LogP contribution in [0.25, 0.3) is 0 Å². The van der Waals surface area contributed by atoms with Crippen molar-refractivity contribution in [1.82, 2.24) is 32.3 Å². The maximum absolute atomic E-state index is 12.4. The Balaban J connectivity index is 0.995. The molecule has 4 aliphatic rings. The van der Waals surface area contributed by atoms with Crippen molar-refractivity contribution in [3.05, 3.63) is 0 Å². The lowest BCUT2D eigenvalue weighted by Gasteiger charge is -2.41. The van der Waals surface area contributed by atoms with Crippen LogP contribution in [0, 0.1) is 17.8 Å². The van der Waals surface area contributed by atoms with E-state index in [2.05, 4.69) is 37.0 Å². The fraction of sp³-hybridized carbons (Fsp3) is 0.920. The lowest BCUT2D eigenvalue weighted by molar-refractivity contribution is -0.345. The lowest BCUT2D eigenvalue weighted by atomic mass is 9.76. The normalized spacial score (nSPS) is 34.0. The third-order valence-electron chi connectivity index (χ3n) is 8.29. The summed E-state index contributed by atoms with van der Waals surface area (Å²) in [5.74, 6) is 0.763. The molecule has 4 rings (SSSR count). The molecule has 0 bridgehead atoms. The highest BCUT2D eigenvalue weighted by Crippen LogP contribution is 2.34. The highest BCUT2D eigenvalue weighted by molar-refractivity contribution is 5.79. The van der Waals surface area contributed by atoms with Gasteiger partial charge in [-0.2, -0.15) is 5.48 Å². The number of halogens is 3. The molecule has 4 fully saturated rings. The van der Waals surface area contributed by atoms with Crippen LogP contribution in [-0.4, -0.2) is 55.9 Å². The summed E-state index contributed by atoms with van der Waals surface area (Å²) in [6.45, 7) is 1.45. The number of ether oxygens (including phenoxy) is 1. The van der Waals surface area contributed by atoms with E-state index in [9.17, 15) is 22.8 Å². The van der Waals surface area contributed by atoms with E-state index < -0.39 is 12.5 Å². The molecule has 2 saturated heterocycles. The van der Waals surface area contributed by atoms with Gasteiger partial charge >= 0.3 is 6.36 Å². The second-order valence-corrected chi connectivity index (χ2v) is 11.0. The Hall–Kier alpha value is -1.51. The van der Waals surface area contributed by atoms with Gasteiger partial charge < -0.3 is 10.6 Å². The van der Waals surface area contributed by atoms with E-state index in [-0.39, 0.29) is 42.2 Å². The maximum Gasteiger partial charge on any atom is 0.522 e. The lowest BCUT2D eigenvalue weighted by Crippen LogP contribution is -2.64. The predicted octanol–water partition coefficient (Wildman–Crippen LogP) is 2.28. The fourth-order valence-electron chi connectivity index (χ4n) is 6.23. The van der Waals surface area contributed by atoms with E-state index in [0.29, 0.717) is 57.4 Å². The molecule has 6 N–H and O–H groups in total. The number of nitrogens with one attached hydrogen (secondary N) is 6. The van der Waals surface area contributed by atoms with E-state index in [1.165, 1.54) is 6.42 Å². The molecule has 10 nitrogen and oxygen atoms in total. The number of rotatable bonds is 12. The first-order valence-corrected chi connectivity index (χ1v) is 14.3. The number of alkyl halides is 3. The van der Waals surface area contributed by atoms with Crippen molar-refractivity contribution in [2.24, 2.45) is 17.8 Å². The van der Waals surface area contributed by atoms with Gasteiger partial charge in [-0.3, -0.25) is 29.9 Å². The SMILES string of the molecule is O=C(CCCC1NC(C2CCC(OC(F)(F)F)CC2)NO1)NCCCCNC1NNC(=O)C2CCCCC12. The summed E-state index contributed by atoms with van der Waals surface area (Å²) in [6.07, 6.45) is 4.36. The van der Waals surface area contributed by atoms with Crippen LogP contribution < -0.4 is 32.3 Å². The van der Waals surface area contributed by atoms with Crippen LogP contribution in [0.15, 0.2) is 0 Å². The Morgan fingerprint density at radius 3 is 2.58 bits per heavy atom. The van der Waals surface area contributed by atoms with Gasteiger partial charge in [-0.1, -0.05) is 12.8 Å². The zero-order valence-corrected chi connectivity index (χ0v) is 21.9. The van der Waals surface area contributed by atoms with Gasteiger partial charge in [0.05, 0.1) is 18.4 Å². The average Bonchev–Trinajstić information content (AvgIpc) is 3.36. The van der Waals surface area contributed by atoms with Crippen molar-refractivity contribution in [2.75, 3.05) is 13.1 Å². The van der Waals surface area contributed by atoms with Gasteiger partial charge in [-0.05, 0) is 76.7 Å². The molecule has 0 aromatic heterocycles. The van der Waals surface area contributed by atoms with Crippen LogP contribution in [0.2, 0.25) is 0 Å². The molecule has 2 aliphatic heterocycles. The van der Waals surface area contributed by atoms with Crippen LogP contribution >= 0.6 is 0 Å². The molecule has 0 aromatic carbocycles. The number of hydrogen-bond donors (Lipinski definition) is 6. The fourth-order valence-corrected chi connectivity index (χ4v) is 6.23. The summed E-state index contributed by atoms with van der Waals surface area (Å²) >= 11 is 0. The van der Waals surface area contributed by atoms with Crippen LogP contribution in [0.4, 0.5) is 13.2 Å². The molecule has 2 amide bonds. The topological polar surface area (TPSA) is 125 Å². The first-order chi connectivity index (χ1) is 18.3. The van der Waals surface area contributed by atoms with Gasteiger partial charge in [-0.25, -0.2) is 5.43 Å². The number of carbonyl (C=O) groups excluding carboxylic acids is 2. The summed E-state index contributed by atoms with van der Waals surface area (Å²) in [5, 5.41) is 9.83. The number of fused-ring (bicyclic) bond motifs is 1. The number of hydrogen-bond acceptors (Lipinski definition) is 8. The van der Waals surface area contributed by atoms with Gasteiger partial charge in [0, 0.05) is 24.8 Å². The van der Waals surface area contributed by atoms with Crippen molar-refractivity contribution in [3.63, 3.8) is 0 Å². The molecule has 2 heterocycles. The molecule has 2 saturated carbocycles. The van der Waals surface area contributed by atoms with Crippen molar-refractivity contribution in [1.29, 1.82) is 0 Å². The van der Waals surface area contributed by atoms with Crippen molar-refractivity contribution >= 4 is 11.8 Å². The number of hydrazine groups is 1. The van der Waals surface area contributed by atoms with Gasteiger partial charge in [-0.15, -0.1) is 13.2 Å². The van der Waals surface area contributed by atoms with Gasteiger partial charge in [0.1, 0.15) is 6.23 Å². The molecule has 5 unspecified atom stereocenters. The van der Waals surface area contributed by atoms with Crippen LogP contribution in [0.5, 0.6) is 0 Å². The third kappa shape index (κ3) is 9.02. The standard InChI is InChI=1S/C25H43F3N6O4/c26-25(27,28)37-17-12-10-16(11-13-17)22-31-21(38-34-22)9-5-8-20(35)29-14-3-4-15-30-23-18-6-1-2-7-19(18)24(36)33-32-23/h16-19,21-23,30-32,34H,1-15H2,(H,29,35)(H,33,36). The van der Waals surface area contributed by atoms with Crippen molar-refractivity contribution in [3.8, 4) is 0 Å². The maximum atomic E-state index is 12.4. The van der Waals surface area contributed by atoms with Crippen molar-refractivity contribution in [2.45, 2.75) is 114 Å². The van der Waals surface area contributed by atoms with Gasteiger partial charge in [0.15, 0.2) is 0 Å².